The third-order valence-electron chi connectivity index (χ3n) is 2.92. The highest BCUT2D eigenvalue weighted by molar-refractivity contribution is 5.40. The van der Waals surface area contributed by atoms with Crippen molar-refractivity contribution in [1.82, 2.24) is 9.78 Å². The monoisotopic (exact) mass is 246 g/mol. The molecule has 0 saturated heterocycles. The molecule has 0 unspecified atom stereocenters. The first-order chi connectivity index (χ1) is 8.72. The molecule has 0 amide bonds. The second-order valence-corrected chi connectivity index (χ2v) is 4.23. The minimum Gasteiger partial charge on any atom is -0.508 e. The van der Waals surface area contributed by atoms with Crippen molar-refractivity contribution in [3.8, 4) is 5.75 Å². The molecule has 1 heterocycles. The fraction of sp³-hybridized carbons (Fsp3) is 0.308. The lowest BCUT2D eigenvalue weighted by molar-refractivity contribution is 0.464. The standard InChI is InChI=1S/C13H18N4O/c14-7-3-5-10-8-16-17(13(10)15)9-11-4-1-2-6-12(11)18/h1-2,4,6,8,18H,3,5,7,9,14-15H2. The molecule has 0 bridgehead atoms. The molecule has 2 rings (SSSR count). The molecule has 5 heteroatoms. The number of aromatic nitrogens is 2. The molecule has 0 fully saturated rings. The van der Waals surface area contributed by atoms with Crippen molar-refractivity contribution >= 4 is 5.82 Å². The summed E-state index contributed by atoms with van der Waals surface area (Å²) in [6, 6.07) is 7.18. The molecule has 5 nitrogen and oxygen atoms in total. The van der Waals surface area contributed by atoms with Gasteiger partial charge in [0, 0.05) is 11.1 Å². The lowest BCUT2D eigenvalue weighted by atomic mass is 10.2. The highest BCUT2D eigenvalue weighted by Gasteiger charge is 2.08. The van der Waals surface area contributed by atoms with Crippen molar-refractivity contribution in [2.75, 3.05) is 12.3 Å². The first kappa shape index (κ1) is 12.4. The van der Waals surface area contributed by atoms with Gasteiger partial charge in [-0.1, -0.05) is 18.2 Å². The second kappa shape index (κ2) is 5.55. The van der Waals surface area contributed by atoms with Crippen LogP contribution in [-0.2, 0) is 13.0 Å². The molecule has 18 heavy (non-hydrogen) atoms. The van der Waals surface area contributed by atoms with Gasteiger partial charge < -0.3 is 16.6 Å². The van der Waals surface area contributed by atoms with E-state index in [0.717, 1.165) is 24.0 Å². The Morgan fingerprint density at radius 3 is 2.72 bits per heavy atom. The summed E-state index contributed by atoms with van der Waals surface area (Å²) in [5.41, 5.74) is 13.3. The number of aryl methyl sites for hydroxylation is 1. The predicted octanol–water partition coefficient (Wildman–Crippen LogP) is 1.11. The Morgan fingerprint density at radius 2 is 2.00 bits per heavy atom. The number of rotatable bonds is 5. The van der Waals surface area contributed by atoms with Crippen LogP contribution in [0.2, 0.25) is 0 Å². The number of phenols is 1. The molecule has 96 valence electrons. The zero-order chi connectivity index (χ0) is 13.0. The molecule has 1 aromatic heterocycles. The summed E-state index contributed by atoms with van der Waals surface area (Å²) >= 11 is 0. The van der Waals surface area contributed by atoms with Crippen LogP contribution in [0.25, 0.3) is 0 Å². The van der Waals surface area contributed by atoms with E-state index in [-0.39, 0.29) is 5.75 Å². The number of nitrogens with two attached hydrogens (primary N) is 2. The van der Waals surface area contributed by atoms with Crippen LogP contribution in [0.1, 0.15) is 17.5 Å². The van der Waals surface area contributed by atoms with E-state index in [1.807, 2.05) is 12.1 Å². The molecule has 0 atom stereocenters. The van der Waals surface area contributed by atoms with Gasteiger partial charge in [0.15, 0.2) is 0 Å². The Labute approximate surface area is 106 Å². The van der Waals surface area contributed by atoms with Gasteiger partial charge in [0.05, 0.1) is 12.7 Å². The van der Waals surface area contributed by atoms with Crippen molar-refractivity contribution in [3.05, 3.63) is 41.6 Å². The maximum atomic E-state index is 9.71. The number of anilines is 1. The van der Waals surface area contributed by atoms with E-state index >= 15 is 0 Å². The molecular weight excluding hydrogens is 228 g/mol. The van der Waals surface area contributed by atoms with Crippen LogP contribution in [0, 0.1) is 0 Å². The molecule has 5 N–H and O–H groups in total. The topological polar surface area (TPSA) is 90.1 Å². The summed E-state index contributed by atoms with van der Waals surface area (Å²) < 4.78 is 1.70. The molecule has 1 aromatic carbocycles. The van der Waals surface area contributed by atoms with Crippen molar-refractivity contribution in [3.63, 3.8) is 0 Å². The molecule has 0 aliphatic heterocycles. The lowest BCUT2D eigenvalue weighted by Crippen LogP contribution is -2.07. The summed E-state index contributed by atoms with van der Waals surface area (Å²) in [7, 11) is 0. The van der Waals surface area contributed by atoms with Crippen LogP contribution < -0.4 is 11.5 Å². The Hall–Kier alpha value is -2.01. The van der Waals surface area contributed by atoms with Crippen molar-refractivity contribution in [1.29, 1.82) is 0 Å². The summed E-state index contributed by atoms with van der Waals surface area (Å²) in [6.45, 7) is 1.12. The number of hydrogen-bond acceptors (Lipinski definition) is 4. The molecule has 0 radical (unpaired) electrons. The maximum absolute atomic E-state index is 9.71. The fourth-order valence-electron chi connectivity index (χ4n) is 1.85. The van der Waals surface area contributed by atoms with Gasteiger partial charge in [0.1, 0.15) is 11.6 Å². The van der Waals surface area contributed by atoms with Gasteiger partial charge in [-0.15, -0.1) is 0 Å². The van der Waals surface area contributed by atoms with Crippen LogP contribution in [0.5, 0.6) is 5.75 Å². The van der Waals surface area contributed by atoms with Crippen LogP contribution in [0.3, 0.4) is 0 Å². The van der Waals surface area contributed by atoms with E-state index < -0.39 is 0 Å². The van der Waals surface area contributed by atoms with Gasteiger partial charge >= 0.3 is 0 Å². The summed E-state index contributed by atoms with van der Waals surface area (Å²) in [4.78, 5) is 0. The smallest absolute Gasteiger partial charge is 0.125 e. The third kappa shape index (κ3) is 2.62. The van der Waals surface area contributed by atoms with E-state index in [9.17, 15) is 5.11 Å². The number of para-hydroxylation sites is 1. The van der Waals surface area contributed by atoms with Crippen LogP contribution in [0.4, 0.5) is 5.82 Å². The SMILES string of the molecule is NCCCc1cnn(Cc2ccccc2O)c1N. The highest BCUT2D eigenvalue weighted by Crippen LogP contribution is 2.20. The summed E-state index contributed by atoms with van der Waals surface area (Å²) in [5.74, 6) is 0.905. The van der Waals surface area contributed by atoms with Gasteiger partial charge in [-0.3, -0.25) is 0 Å². The summed E-state index contributed by atoms with van der Waals surface area (Å²) in [5, 5.41) is 14.0. The number of benzene rings is 1. The van der Waals surface area contributed by atoms with Gasteiger partial charge in [0.2, 0.25) is 0 Å². The average Bonchev–Trinajstić information content (AvgIpc) is 2.71. The molecular formula is C13H18N4O. The Kier molecular flexibility index (Phi) is 3.84. The van der Waals surface area contributed by atoms with Crippen LogP contribution in [0.15, 0.2) is 30.5 Å². The largest absolute Gasteiger partial charge is 0.508 e. The number of nitrogens with zero attached hydrogens (tertiary/aromatic N) is 2. The molecule has 0 aliphatic rings. The van der Waals surface area contributed by atoms with Crippen LogP contribution >= 0.6 is 0 Å². The summed E-state index contributed by atoms with van der Waals surface area (Å²) in [6.07, 6.45) is 3.50. The highest BCUT2D eigenvalue weighted by atomic mass is 16.3. The van der Waals surface area contributed by atoms with E-state index in [0.29, 0.717) is 18.9 Å². The quantitative estimate of drug-likeness (QED) is 0.737. The Morgan fingerprint density at radius 1 is 1.22 bits per heavy atom. The molecule has 0 saturated carbocycles. The fourth-order valence-corrected chi connectivity index (χ4v) is 1.85. The average molecular weight is 246 g/mol. The van der Waals surface area contributed by atoms with Crippen molar-refractivity contribution in [2.45, 2.75) is 19.4 Å². The lowest BCUT2D eigenvalue weighted by Gasteiger charge is -2.07. The first-order valence-electron chi connectivity index (χ1n) is 5.99. The molecule has 0 spiro atoms. The minimum absolute atomic E-state index is 0.260. The van der Waals surface area contributed by atoms with E-state index in [1.165, 1.54) is 0 Å². The zero-order valence-electron chi connectivity index (χ0n) is 10.2. The zero-order valence-corrected chi connectivity index (χ0v) is 10.2. The first-order valence-corrected chi connectivity index (χ1v) is 5.99. The Balaban J connectivity index is 2.15. The van der Waals surface area contributed by atoms with E-state index in [1.54, 1.807) is 23.0 Å². The van der Waals surface area contributed by atoms with Gasteiger partial charge in [-0.05, 0) is 25.5 Å². The molecule has 0 aliphatic carbocycles. The number of hydrogen-bond donors (Lipinski definition) is 3. The minimum atomic E-state index is 0.260. The Bertz CT molecular complexity index is 521. The van der Waals surface area contributed by atoms with Crippen molar-refractivity contribution < 1.29 is 5.11 Å². The predicted molar refractivity (Wildman–Crippen MR) is 71.2 cm³/mol. The third-order valence-corrected chi connectivity index (χ3v) is 2.92. The number of aromatic hydroxyl groups is 1. The second-order valence-electron chi connectivity index (χ2n) is 4.23. The normalized spacial score (nSPS) is 10.7. The maximum Gasteiger partial charge on any atom is 0.125 e. The number of nitrogen functional groups attached to an aromatic ring is 1. The van der Waals surface area contributed by atoms with Crippen molar-refractivity contribution in [2.24, 2.45) is 5.73 Å². The van der Waals surface area contributed by atoms with Gasteiger partial charge in [0.25, 0.3) is 0 Å². The van der Waals surface area contributed by atoms with Gasteiger partial charge in [-0.2, -0.15) is 5.10 Å². The number of phenolic OH excluding ortho intramolecular Hbond substituents is 1. The van der Waals surface area contributed by atoms with Gasteiger partial charge in [-0.25, -0.2) is 4.68 Å². The van der Waals surface area contributed by atoms with Crippen LogP contribution in [-0.4, -0.2) is 21.4 Å². The van der Waals surface area contributed by atoms with E-state index in [4.69, 9.17) is 11.5 Å². The molecule has 2 aromatic rings. The van der Waals surface area contributed by atoms with E-state index in [2.05, 4.69) is 5.10 Å².